The molecule has 2 aromatic carbocycles. The lowest BCUT2D eigenvalue weighted by Crippen LogP contribution is -2.36. The molecule has 0 amide bonds. The third-order valence-electron chi connectivity index (χ3n) is 3.51. The minimum absolute atomic E-state index is 0.00826. The fraction of sp³-hybridized carbons (Fsp3) is 0.250. The zero-order valence-corrected chi connectivity index (χ0v) is 11.9. The number of ether oxygens (including phenoxy) is 2. The first-order chi connectivity index (χ1) is 10.9. The lowest BCUT2D eigenvalue weighted by atomic mass is 9.97. The van der Waals surface area contributed by atoms with Crippen molar-refractivity contribution in [3.05, 3.63) is 47.8 Å². The van der Waals surface area contributed by atoms with E-state index in [9.17, 15) is 17.6 Å². The van der Waals surface area contributed by atoms with Gasteiger partial charge in [-0.2, -0.15) is 13.2 Å². The molecule has 0 fully saturated rings. The molecule has 0 unspecified atom stereocenters. The molecular formula is C16H13F4NO2. The Hall–Kier alpha value is -2.28. The van der Waals surface area contributed by atoms with E-state index in [4.69, 9.17) is 15.2 Å². The number of hydrogen-bond donors (Lipinski definition) is 1. The highest BCUT2D eigenvalue weighted by Crippen LogP contribution is 2.45. The predicted octanol–water partition coefficient (Wildman–Crippen LogP) is 3.61. The standard InChI is InChI=1S/C16H13F4NO2/c17-9-5-12(11-3-1-2-4-13(11)16(18,19)20)15-14(6-9)22-8-10(7-21)23-15/h1-6,10H,7-8,21H2/t10-/m0/s1. The van der Waals surface area contributed by atoms with E-state index in [1.807, 2.05) is 0 Å². The third-order valence-corrected chi connectivity index (χ3v) is 3.51. The number of halogens is 4. The number of hydrogen-bond acceptors (Lipinski definition) is 3. The Balaban J connectivity index is 2.20. The molecule has 3 rings (SSSR count). The monoisotopic (exact) mass is 327 g/mol. The Morgan fingerprint density at radius 1 is 1.13 bits per heavy atom. The SMILES string of the molecule is NC[C@H]1COc2cc(F)cc(-c3ccccc3C(F)(F)F)c2O1. The van der Waals surface area contributed by atoms with E-state index in [2.05, 4.69) is 0 Å². The van der Waals surface area contributed by atoms with Crippen LogP contribution in [0.15, 0.2) is 36.4 Å². The summed E-state index contributed by atoms with van der Waals surface area (Å²) in [5.41, 5.74) is 4.47. The van der Waals surface area contributed by atoms with Gasteiger partial charge in [0.2, 0.25) is 0 Å². The van der Waals surface area contributed by atoms with Gasteiger partial charge in [0.25, 0.3) is 0 Å². The number of benzene rings is 2. The second-order valence-electron chi connectivity index (χ2n) is 5.11. The topological polar surface area (TPSA) is 44.5 Å². The van der Waals surface area contributed by atoms with Crippen molar-refractivity contribution in [3.63, 3.8) is 0 Å². The quantitative estimate of drug-likeness (QED) is 0.857. The van der Waals surface area contributed by atoms with E-state index in [0.717, 1.165) is 18.2 Å². The van der Waals surface area contributed by atoms with Gasteiger partial charge in [0.15, 0.2) is 11.5 Å². The number of alkyl halides is 3. The highest BCUT2D eigenvalue weighted by molar-refractivity contribution is 5.77. The van der Waals surface area contributed by atoms with E-state index in [1.165, 1.54) is 18.2 Å². The largest absolute Gasteiger partial charge is 0.486 e. The minimum Gasteiger partial charge on any atom is -0.486 e. The Labute approximate surface area is 129 Å². The fourth-order valence-electron chi connectivity index (χ4n) is 2.46. The first kappa shape index (κ1) is 15.6. The van der Waals surface area contributed by atoms with Crippen molar-refractivity contribution < 1.29 is 27.0 Å². The molecule has 1 aliphatic heterocycles. The van der Waals surface area contributed by atoms with Crippen LogP contribution in [0.25, 0.3) is 11.1 Å². The average molecular weight is 327 g/mol. The van der Waals surface area contributed by atoms with Crippen molar-refractivity contribution in [3.8, 4) is 22.6 Å². The van der Waals surface area contributed by atoms with Gasteiger partial charge in [-0.3, -0.25) is 0 Å². The first-order valence-corrected chi connectivity index (χ1v) is 6.90. The van der Waals surface area contributed by atoms with Crippen molar-refractivity contribution >= 4 is 0 Å². The summed E-state index contributed by atoms with van der Waals surface area (Å²) in [7, 11) is 0. The third kappa shape index (κ3) is 2.96. The van der Waals surface area contributed by atoms with E-state index in [1.54, 1.807) is 0 Å². The van der Waals surface area contributed by atoms with Crippen molar-refractivity contribution in [2.24, 2.45) is 5.73 Å². The molecule has 0 aliphatic carbocycles. The van der Waals surface area contributed by atoms with Crippen LogP contribution >= 0.6 is 0 Å². The van der Waals surface area contributed by atoms with Gasteiger partial charge in [0.1, 0.15) is 18.5 Å². The molecule has 0 radical (unpaired) electrons. The van der Waals surface area contributed by atoms with Crippen LogP contribution in [0.1, 0.15) is 5.56 Å². The molecule has 0 aromatic heterocycles. The highest BCUT2D eigenvalue weighted by atomic mass is 19.4. The van der Waals surface area contributed by atoms with Gasteiger partial charge in [-0.05, 0) is 17.7 Å². The minimum atomic E-state index is -4.57. The number of rotatable bonds is 2. The molecule has 23 heavy (non-hydrogen) atoms. The first-order valence-electron chi connectivity index (χ1n) is 6.90. The van der Waals surface area contributed by atoms with E-state index >= 15 is 0 Å². The van der Waals surface area contributed by atoms with Crippen LogP contribution in [0.5, 0.6) is 11.5 Å². The van der Waals surface area contributed by atoms with Crippen molar-refractivity contribution in [2.75, 3.05) is 13.2 Å². The van der Waals surface area contributed by atoms with Gasteiger partial charge in [-0.25, -0.2) is 4.39 Å². The normalized spacial score (nSPS) is 17.2. The second-order valence-corrected chi connectivity index (χ2v) is 5.11. The van der Waals surface area contributed by atoms with Gasteiger partial charge >= 0.3 is 6.18 Å². The summed E-state index contributed by atoms with van der Waals surface area (Å²) in [5.74, 6) is -0.558. The van der Waals surface area contributed by atoms with Gasteiger partial charge in [-0.15, -0.1) is 0 Å². The zero-order chi connectivity index (χ0) is 16.6. The highest BCUT2D eigenvalue weighted by Gasteiger charge is 2.35. The van der Waals surface area contributed by atoms with Crippen LogP contribution in [0.4, 0.5) is 17.6 Å². The Morgan fingerprint density at radius 2 is 1.87 bits per heavy atom. The second kappa shape index (κ2) is 5.73. The molecule has 1 heterocycles. The number of fused-ring (bicyclic) bond motifs is 1. The molecule has 2 N–H and O–H groups in total. The van der Waals surface area contributed by atoms with Gasteiger partial charge in [0, 0.05) is 18.2 Å². The summed E-state index contributed by atoms with van der Waals surface area (Å²) >= 11 is 0. The number of nitrogens with two attached hydrogens (primary N) is 1. The van der Waals surface area contributed by atoms with Crippen molar-refractivity contribution in [2.45, 2.75) is 12.3 Å². The molecule has 3 nitrogen and oxygen atoms in total. The molecule has 0 bridgehead atoms. The molecule has 1 atom stereocenters. The summed E-state index contributed by atoms with van der Waals surface area (Å²) in [4.78, 5) is 0. The molecular weight excluding hydrogens is 314 g/mol. The van der Waals surface area contributed by atoms with E-state index < -0.39 is 23.7 Å². The Morgan fingerprint density at radius 3 is 2.57 bits per heavy atom. The molecule has 122 valence electrons. The van der Waals surface area contributed by atoms with Crippen molar-refractivity contribution in [1.29, 1.82) is 0 Å². The maximum atomic E-state index is 13.8. The van der Waals surface area contributed by atoms with Crippen molar-refractivity contribution in [1.82, 2.24) is 0 Å². The lowest BCUT2D eigenvalue weighted by Gasteiger charge is -2.28. The van der Waals surface area contributed by atoms with Crippen LogP contribution in [0.3, 0.4) is 0 Å². The summed E-state index contributed by atoms with van der Waals surface area (Å²) in [6.07, 6.45) is -5.07. The van der Waals surface area contributed by atoms with Crippen LogP contribution in [-0.4, -0.2) is 19.3 Å². The summed E-state index contributed by atoms with van der Waals surface area (Å²) in [6, 6.07) is 7.03. The molecule has 0 saturated heterocycles. The molecule has 2 aromatic rings. The van der Waals surface area contributed by atoms with Crippen LogP contribution in [0, 0.1) is 5.82 Å². The van der Waals surface area contributed by atoms with Gasteiger partial charge < -0.3 is 15.2 Å². The molecule has 7 heteroatoms. The molecule has 1 aliphatic rings. The molecule has 0 spiro atoms. The van der Waals surface area contributed by atoms with E-state index in [0.29, 0.717) is 0 Å². The Bertz CT molecular complexity index is 731. The smallest absolute Gasteiger partial charge is 0.417 e. The lowest BCUT2D eigenvalue weighted by molar-refractivity contribution is -0.137. The summed E-state index contributed by atoms with van der Waals surface area (Å²) in [6.45, 7) is 0.254. The van der Waals surface area contributed by atoms with Crippen LogP contribution < -0.4 is 15.2 Å². The fourth-order valence-corrected chi connectivity index (χ4v) is 2.46. The maximum absolute atomic E-state index is 13.8. The van der Waals surface area contributed by atoms with E-state index in [-0.39, 0.29) is 35.8 Å². The van der Waals surface area contributed by atoms with Crippen LogP contribution in [-0.2, 0) is 6.18 Å². The maximum Gasteiger partial charge on any atom is 0.417 e. The van der Waals surface area contributed by atoms with Gasteiger partial charge in [-0.1, -0.05) is 18.2 Å². The Kier molecular flexibility index (Phi) is 3.89. The van der Waals surface area contributed by atoms with Gasteiger partial charge in [0.05, 0.1) is 5.56 Å². The predicted molar refractivity (Wildman–Crippen MR) is 75.8 cm³/mol. The zero-order valence-electron chi connectivity index (χ0n) is 11.9. The summed E-state index contributed by atoms with van der Waals surface area (Å²) < 4.78 is 64.5. The summed E-state index contributed by atoms with van der Waals surface area (Å²) in [5, 5.41) is 0. The molecule has 0 saturated carbocycles. The van der Waals surface area contributed by atoms with Crippen LogP contribution in [0.2, 0.25) is 0 Å². The average Bonchev–Trinajstić information content (AvgIpc) is 2.53.